The molecule has 0 heterocycles. The van der Waals surface area contributed by atoms with Gasteiger partial charge in [-0.05, 0) is 41.5 Å². The molecule has 32 heavy (non-hydrogen) atoms. The Hall–Kier alpha value is -2.84. The van der Waals surface area contributed by atoms with Crippen molar-refractivity contribution in [2.24, 2.45) is 0 Å². The first-order chi connectivity index (χ1) is 15.3. The van der Waals surface area contributed by atoms with Crippen LogP contribution in [0.25, 0.3) is 0 Å². The zero-order valence-electron chi connectivity index (χ0n) is 17.7. The van der Waals surface area contributed by atoms with Gasteiger partial charge in [-0.3, -0.25) is 9.10 Å². The number of nitrogens with zero attached hydrogens (tertiary/aromatic N) is 1. The van der Waals surface area contributed by atoms with E-state index in [2.05, 4.69) is 5.32 Å². The molecule has 0 aliphatic carbocycles. The second kappa shape index (κ2) is 11.2. The van der Waals surface area contributed by atoms with Crippen LogP contribution in [-0.4, -0.2) is 32.9 Å². The highest BCUT2D eigenvalue weighted by atomic mass is 32.2. The molecule has 0 unspecified atom stereocenters. The average molecular weight is 473 g/mol. The number of thioether (sulfide) groups is 1. The van der Waals surface area contributed by atoms with Crippen molar-refractivity contribution in [3.8, 4) is 0 Å². The number of carbonyl (C=O) groups is 1. The average Bonchev–Trinajstić information content (AvgIpc) is 2.78. The fourth-order valence-electron chi connectivity index (χ4n) is 3.06. The van der Waals surface area contributed by atoms with E-state index < -0.39 is 10.0 Å². The number of benzene rings is 3. The standard InChI is InChI=1S/C24H25FN2O3S2/c1-32(29,30)27(22-8-3-2-4-9-22)17-19-11-13-20(14-12-19)24(28)26-15-16-31-18-21-7-5-6-10-23(21)25/h2-14H,15-18H2,1H3,(H,26,28). The number of hydrogen-bond donors (Lipinski definition) is 1. The minimum Gasteiger partial charge on any atom is -0.351 e. The zero-order valence-corrected chi connectivity index (χ0v) is 19.3. The van der Waals surface area contributed by atoms with Gasteiger partial charge in [0.1, 0.15) is 5.82 Å². The SMILES string of the molecule is CS(=O)(=O)N(Cc1ccc(C(=O)NCCSCc2ccccc2F)cc1)c1ccccc1. The minimum atomic E-state index is -3.45. The molecule has 168 valence electrons. The highest BCUT2D eigenvalue weighted by molar-refractivity contribution is 7.98. The summed E-state index contributed by atoms with van der Waals surface area (Å²) in [5, 5.41) is 2.85. The summed E-state index contributed by atoms with van der Waals surface area (Å²) in [7, 11) is -3.45. The summed E-state index contributed by atoms with van der Waals surface area (Å²) in [5.74, 6) is 0.797. The Morgan fingerprint density at radius 3 is 2.28 bits per heavy atom. The van der Waals surface area contributed by atoms with Gasteiger partial charge >= 0.3 is 0 Å². The van der Waals surface area contributed by atoms with Crippen LogP contribution in [0.4, 0.5) is 10.1 Å². The van der Waals surface area contributed by atoms with Gasteiger partial charge in [-0.15, -0.1) is 0 Å². The number of para-hydroxylation sites is 1. The van der Waals surface area contributed by atoms with Gasteiger partial charge in [-0.1, -0.05) is 48.5 Å². The van der Waals surface area contributed by atoms with Crippen molar-refractivity contribution in [2.45, 2.75) is 12.3 Å². The predicted molar refractivity (Wildman–Crippen MR) is 129 cm³/mol. The van der Waals surface area contributed by atoms with Gasteiger partial charge in [0.15, 0.2) is 0 Å². The van der Waals surface area contributed by atoms with Crippen molar-refractivity contribution in [3.63, 3.8) is 0 Å². The van der Waals surface area contributed by atoms with Gasteiger partial charge in [-0.25, -0.2) is 12.8 Å². The van der Waals surface area contributed by atoms with Gasteiger partial charge in [-0.2, -0.15) is 11.8 Å². The van der Waals surface area contributed by atoms with Crippen molar-refractivity contribution >= 4 is 33.4 Å². The molecule has 0 aliphatic heterocycles. The number of sulfonamides is 1. The highest BCUT2D eigenvalue weighted by Crippen LogP contribution is 2.20. The van der Waals surface area contributed by atoms with E-state index in [0.29, 0.717) is 34.9 Å². The lowest BCUT2D eigenvalue weighted by Crippen LogP contribution is -2.29. The topological polar surface area (TPSA) is 66.5 Å². The Morgan fingerprint density at radius 2 is 1.62 bits per heavy atom. The Kier molecular flexibility index (Phi) is 8.30. The van der Waals surface area contributed by atoms with Gasteiger partial charge in [0.25, 0.3) is 5.91 Å². The number of halogens is 1. The minimum absolute atomic E-state index is 0.178. The first kappa shape index (κ1) is 23.8. The Bertz CT molecular complexity index is 1140. The molecule has 0 bridgehead atoms. The molecule has 0 aliphatic rings. The number of rotatable bonds is 10. The first-order valence-corrected chi connectivity index (χ1v) is 13.1. The van der Waals surface area contributed by atoms with E-state index in [4.69, 9.17) is 0 Å². The first-order valence-electron chi connectivity index (χ1n) is 10.1. The molecule has 0 spiro atoms. The van der Waals surface area contributed by atoms with Crippen LogP contribution in [0, 0.1) is 5.82 Å². The van der Waals surface area contributed by atoms with E-state index in [1.807, 2.05) is 6.07 Å². The number of hydrogen-bond acceptors (Lipinski definition) is 4. The molecule has 0 fully saturated rings. The zero-order chi connectivity index (χ0) is 23.0. The molecule has 0 atom stereocenters. The third-order valence-corrected chi connectivity index (χ3v) is 6.88. The second-order valence-electron chi connectivity index (χ2n) is 7.20. The lowest BCUT2D eigenvalue weighted by Gasteiger charge is -2.22. The maximum Gasteiger partial charge on any atom is 0.251 e. The second-order valence-corrected chi connectivity index (χ2v) is 10.2. The molecule has 8 heteroatoms. The number of anilines is 1. The quantitative estimate of drug-likeness (QED) is 0.443. The van der Waals surface area contributed by atoms with E-state index in [9.17, 15) is 17.6 Å². The number of amides is 1. The molecule has 1 N–H and O–H groups in total. The maximum absolute atomic E-state index is 13.6. The van der Waals surface area contributed by atoms with Gasteiger partial charge in [0.05, 0.1) is 18.5 Å². The highest BCUT2D eigenvalue weighted by Gasteiger charge is 2.17. The van der Waals surface area contributed by atoms with E-state index in [1.54, 1.807) is 78.5 Å². The van der Waals surface area contributed by atoms with Crippen LogP contribution in [0.5, 0.6) is 0 Å². The largest absolute Gasteiger partial charge is 0.351 e. The van der Waals surface area contributed by atoms with E-state index in [-0.39, 0.29) is 18.3 Å². The summed E-state index contributed by atoms with van der Waals surface area (Å²) in [4.78, 5) is 12.4. The molecule has 0 saturated heterocycles. The summed E-state index contributed by atoms with van der Waals surface area (Å²) in [6.45, 7) is 0.646. The van der Waals surface area contributed by atoms with E-state index in [1.165, 1.54) is 16.6 Å². The Morgan fingerprint density at radius 1 is 0.969 bits per heavy atom. The predicted octanol–water partition coefficient (Wildman–Crippen LogP) is 4.46. The lowest BCUT2D eigenvalue weighted by atomic mass is 10.1. The smallest absolute Gasteiger partial charge is 0.251 e. The molecule has 5 nitrogen and oxygen atoms in total. The normalized spacial score (nSPS) is 11.2. The lowest BCUT2D eigenvalue weighted by molar-refractivity contribution is 0.0956. The third kappa shape index (κ3) is 6.83. The monoisotopic (exact) mass is 472 g/mol. The summed E-state index contributed by atoms with van der Waals surface area (Å²) < 4.78 is 39.4. The maximum atomic E-state index is 13.6. The summed E-state index contributed by atoms with van der Waals surface area (Å²) in [6, 6.07) is 22.4. The summed E-state index contributed by atoms with van der Waals surface area (Å²) in [5.41, 5.74) is 2.51. The van der Waals surface area contributed by atoms with Gasteiger partial charge in [0.2, 0.25) is 10.0 Å². The summed E-state index contributed by atoms with van der Waals surface area (Å²) in [6.07, 6.45) is 1.17. The van der Waals surface area contributed by atoms with Crippen molar-refractivity contribution in [1.29, 1.82) is 0 Å². The van der Waals surface area contributed by atoms with Crippen LogP contribution in [0.15, 0.2) is 78.9 Å². The molecular formula is C24H25FN2O3S2. The molecule has 0 aromatic heterocycles. The number of carbonyl (C=O) groups excluding carboxylic acids is 1. The third-order valence-electron chi connectivity index (χ3n) is 4.73. The van der Waals surface area contributed by atoms with E-state index in [0.717, 1.165) is 5.56 Å². The molecular weight excluding hydrogens is 447 g/mol. The molecule has 3 rings (SSSR count). The molecule has 3 aromatic rings. The molecule has 1 amide bonds. The fourth-order valence-corrected chi connectivity index (χ4v) is 4.79. The van der Waals surface area contributed by atoms with Crippen LogP contribution in [0.1, 0.15) is 21.5 Å². The van der Waals surface area contributed by atoms with Crippen LogP contribution in [0.2, 0.25) is 0 Å². The fraction of sp³-hybridized carbons (Fsp3) is 0.208. The Labute approximate surface area is 192 Å². The molecule has 0 radical (unpaired) electrons. The van der Waals surface area contributed by atoms with Crippen molar-refractivity contribution in [2.75, 3.05) is 22.9 Å². The van der Waals surface area contributed by atoms with Gasteiger partial charge in [0, 0.05) is 23.6 Å². The van der Waals surface area contributed by atoms with Crippen molar-refractivity contribution in [3.05, 3.63) is 101 Å². The van der Waals surface area contributed by atoms with Crippen LogP contribution in [-0.2, 0) is 22.3 Å². The number of nitrogens with one attached hydrogen (secondary N) is 1. The van der Waals surface area contributed by atoms with Crippen LogP contribution in [0.3, 0.4) is 0 Å². The Balaban J connectivity index is 1.51. The van der Waals surface area contributed by atoms with E-state index >= 15 is 0 Å². The van der Waals surface area contributed by atoms with Crippen molar-refractivity contribution in [1.82, 2.24) is 5.32 Å². The summed E-state index contributed by atoms with van der Waals surface area (Å²) >= 11 is 1.55. The van der Waals surface area contributed by atoms with Crippen molar-refractivity contribution < 1.29 is 17.6 Å². The van der Waals surface area contributed by atoms with Crippen LogP contribution >= 0.6 is 11.8 Å². The van der Waals surface area contributed by atoms with Gasteiger partial charge < -0.3 is 5.32 Å². The molecule has 0 saturated carbocycles. The van der Waals surface area contributed by atoms with Crippen LogP contribution < -0.4 is 9.62 Å². The molecule has 3 aromatic carbocycles.